The third-order valence-electron chi connectivity index (χ3n) is 3.11. The molecular formula is C16H26IN3O3. The normalized spacial score (nSPS) is 10.5. The van der Waals surface area contributed by atoms with Crippen LogP contribution in [0.25, 0.3) is 0 Å². The zero-order valence-electron chi connectivity index (χ0n) is 14.4. The average Bonchev–Trinajstić information content (AvgIpc) is 2.39. The topological polar surface area (TPSA) is 58.6 Å². The van der Waals surface area contributed by atoms with Crippen LogP contribution >= 0.6 is 0 Å². The minimum Gasteiger partial charge on any atom is -1.00 e. The second kappa shape index (κ2) is 9.71. The molecule has 1 N–H and O–H groups in total. The molecule has 1 aromatic carbocycles. The van der Waals surface area contributed by atoms with E-state index >= 15 is 0 Å². The van der Waals surface area contributed by atoms with Crippen LogP contribution in [0.15, 0.2) is 24.3 Å². The number of anilines is 1. The quantitative estimate of drug-likeness (QED) is 0.469. The Morgan fingerprint density at radius 1 is 1.17 bits per heavy atom. The van der Waals surface area contributed by atoms with Crippen molar-refractivity contribution >= 4 is 17.7 Å². The van der Waals surface area contributed by atoms with Gasteiger partial charge in [0.2, 0.25) is 0 Å². The number of hydrogen-bond acceptors (Lipinski definition) is 3. The number of ether oxygens (including phenoxy) is 1. The van der Waals surface area contributed by atoms with Crippen LogP contribution in [0, 0.1) is 0 Å². The highest BCUT2D eigenvalue weighted by atomic mass is 127. The van der Waals surface area contributed by atoms with Gasteiger partial charge in [-0.15, -0.1) is 0 Å². The number of carbonyl (C=O) groups is 2. The Morgan fingerprint density at radius 2 is 1.74 bits per heavy atom. The number of likely N-dealkylation sites (N-methyl/N-ethyl adjacent to an activating group) is 1. The number of rotatable bonds is 6. The van der Waals surface area contributed by atoms with Gasteiger partial charge in [0.25, 0.3) is 5.91 Å². The zero-order valence-corrected chi connectivity index (χ0v) is 16.6. The van der Waals surface area contributed by atoms with E-state index in [0.29, 0.717) is 22.5 Å². The molecule has 0 atom stereocenters. The third kappa shape index (κ3) is 8.17. The van der Waals surface area contributed by atoms with Gasteiger partial charge in [-0.2, -0.15) is 0 Å². The lowest BCUT2D eigenvalue weighted by Crippen LogP contribution is -3.00. The van der Waals surface area contributed by atoms with Crippen molar-refractivity contribution in [3.63, 3.8) is 0 Å². The third-order valence-corrected chi connectivity index (χ3v) is 3.11. The maximum atomic E-state index is 12.0. The van der Waals surface area contributed by atoms with Crippen molar-refractivity contribution in [3.05, 3.63) is 24.3 Å². The highest BCUT2D eigenvalue weighted by molar-refractivity contribution is 5.91. The van der Waals surface area contributed by atoms with Gasteiger partial charge in [0.15, 0.2) is 6.54 Å². The number of nitrogens with one attached hydrogen (secondary N) is 1. The van der Waals surface area contributed by atoms with Gasteiger partial charge in [0.1, 0.15) is 5.75 Å². The van der Waals surface area contributed by atoms with Gasteiger partial charge in [-0.1, -0.05) is 6.92 Å². The van der Waals surface area contributed by atoms with E-state index in [9.17, 15) is 9.59 Å². The number of halogens is 1. The van der Waals surface area contributed by atoms with E-state index in [0.717, 1.165) is 13.0 Å². The van der Waals surface area contributed by atoms with Crippen molar-refractivity contribution < 1.29 is 42.8 Å². The number of quaternary nitrogens is 1. The summed E-state index contributed by atoms with van der Waals surface area (Å²) in [4.78, 5) is 24.8. The second-order valence-electron chi connectivity index (χ2n) is 6.15. The predicted octanol–water partition coefficient (Wildman–Crippen LogP) is -0.824. The molecule has 7 heteroatoms. The monoisotopic (exact) mass is 435 g/mol. The summed E-state index contributed by atoms with van der Waals surface area (Å²) in [5.41, 5.74) is 0.686. The molecule has 0 aliphatic rings. The standard InChI is InChI=1S/C16H25N3O3.HI/c1-6-11-19(4,5)12-15(20)17-13-7-9-14(10-8-13)22-16(21)18(2)3;/h7-10H,6,11-12H2,1-5H3;1H. The molecule has 0 aliphatic heterocycles. The average molecular weight is 435 g/mol. The Kier molecular flexibility index (Phi) is 9.14. The molecular weight excluding hydrogens is 409 g/mol. The van der Waals surface area contributed by atoms with E-state index in [1.54, 1.807) is 38.4 Å². The summed E-state index contributed by atoms with van der Waals surface area (Å²) in [6.07, 6.45) is 0.599. The molecule has 0 spiro atoms. The van der Waals surface area contributed by atoms with Gasteiger partial charge in [0.05, 0.1) is 20.6 Å². The Hall–Kier alpha value is -1.35. The first-order valence-electron chi connectivity index (χ1n) is 7.34. The van der Waals surface area contributed by atoms with Gasteiger partial charge in [-0.25, -0.2) is 4.79 Å². The first kappa shape index (κ1) is 21.6. The van der Waals surface area contributed by atoms with E-state index in [4.69, 9.17) is 4.74 Å². The molecule has 23 heavy (non-hydrogen) atoms. The summed E-state index contributed by atoms with van der Waals surface area (Å²) in [5.74, 6) is 0.412. The van der Waals surface area contributed by atoms with E-state index < -0.39 is 6.09 Å². The number of amides is 2. The van der Waals surface area contributed by atoms with Crippen LogP contribution < -0.4 is 34.0 Å². The van der Waals surface area contributed by atoms with Crippen molar-refractivity contribution in [2.24, 2.45) is 0 Å². The molecule has 0 saturated heterocycles. The van der Waals surface area contributed by atoms with Crippen LogP contribution in [0.2, 0.25) is 0 Å². The fraction of sp³-hybridized carbons (Fsp3) is 0.500. The maximum absolute atomic E-state index is 12.0. The Labute approximate surface area is 155 Å². The van der Waals surface area contributed by atoms with Crippen molar-refractivity contribution in [2.75, 3.05) is 46.6 Å². The minimum absolute atomic E-state index is 0. The zero-order chi connectivity index (χ0) is 16.8. The van der Waals surface area contributed by atoms with Gasteiger partial charge in [-0.3, -0.25) is 4.79 Å². The SMILES string of the molecule is CCC[N+](C)(C)CC(=O)Nc1ccc(OC(=O)N(C)C)cc1.[I-]. The summed E-state index contributed by atoms with van der Waals surface area (Å²) in [7, 11) is 7.31. The fourth-order valence-electron chi connectivity index (χ4n) is 2.07. The molecule has 130 valence electrons. The van der Waals surface area contributed by atoms with Crippen molar-refractivity contribution in [1.82, 2.24) is 4.90 Å². The summed E-state index contributed by atoms with van der Waals surface area (Å²) in [6.45, 7) is 3.48. The van der Waals surface area contributed by atoms with Gasteiger partial charge >= 0.3 is 6.09 Å². The molecule has 0 radical (unpaired) electrons. The van der Waals surface area contributed by atoms with Crippen molar-refractivity contribution in [2.45, 2.75) is 13.3 Å². The van der Waals surface area contributed by atoms with Crippen LogP contribution in [0.1, 0.15) is 13.3 Å². The van der Waals surface area contributed by atoms with Crippen LogP contribution in [0.3, 0.4) is 0 Å². The molecule has 0 fully saturated rings. The molecule has 0 heterocycles. The Bertz CT molecular complexity index is 516. The lowest BCUT2D eigenvalue weighted by Gasteiger charge is -2.28. The highest BCUT2D eigenvalue weighted by Gasteiger charge is 2.18. The van der Waals surface area contributed by atoms with E-state index in [2.05, 4.69) is 12.2 Å². The highest BCUT2D eigenvalue weighted by Crippen LogP contribution is 2.16. The number of hydrogen-bond donors (Lipinski definition) is 1. The summed E-state index contributed by atoms with van der Waals surface area (Å²) in [5, 5.41) is 2.85. The molecule has 2 amide bonds. The maximum Gasteiger partial charge on any atom is 0.414 e. The van der Waals surface area contributed by atoms with E-state index in [1.165, 1.54) is 4.90 Å². The van der Waals surface area contributed by atoms with Crippen LogP contribution in [-0.2, 0) is 4.79 Å². The molecule has 0 unspecified atom stereocenters. The van der Waals surface area contributed by atoms with E-state index in [1.807, 2.05) is 14.1 Å². The summed E-state index contributed by atoms with van der Waals surface area (Å²) < 4.78 is 5.77. The molecule has 0 aromatic heterocycles. The minimum atomic E-state index is -0.435. The Balaban J connectivity index is 0.00000484. The first-order valence-corrected chi connectivity index (χ1v) is 7.34. The van der Waals surface area contributed by atoms with Gasteiger partial charge in [0, 0.05) is 19.8 Å². The second-order valence-corrected chi connectivity index (χ2v) is 6.15. The predicted molar refractivity (Wildman–Crippen MR) is 86.9 cm³/mol. The lowest BCUT2D eigenvalue weighted by molar-refractivity contribution is -0.882. The molecule has 1 rings (SSSR count). The van der Waals surface area contributed by atoms with E-state index in [-0.39, 0.29) is 29.9 Å². The van der Waals surface area contributed by atoms with Gasteiger partial charge < -0.3 is 43.4 Å². The van der Waals surface area contributed by atoms with Crippen molar-refractivity contribution in [3.8, 4) is 5.75 Å². The van der Waals surface area contributed by atoms with Gasteiger partial charge in [-0.05, 0) is 30.7 Å². The summed E-state index contributed by atoms with van der Waals surface area (Å²) in [6, 6.07) is 6.75. The molecule has 0 aliphatic carbocycles. The molecule has 1 aromatic rings. The number of nitrogens with zero attached hydrogens (tertiary/aromatic N) is 2. The van der Waals surface area contributed by atoms with Crippen LogP contribution in [0.4, 0.5) is 10.5 Å². The molecule has 6 nitrogen and oxygen atoms in total. The van der Waals surface area contributed by atoms with Crippen LogP contribution in [0.5, 0.6) is 5.75 Å². The van der Waals surface area contributed by atoms with Crippen LogP contribution in [-0.4, -0.2) is 62.7 Å². The number of carbonyl (C=O) groups excluding carboxylic acids is 2. The Morgan fingerprint density at radius 3 is 2.22 bits per heavy atom. The smallest absolute Gasteiger partial charge is 0.414 e. The summed E-state index contributed by atoms with van der Waals surface area (Å²) >= 11 is 0. The molecule has 0 saturated carbocycles. The number of benzene rings is 1. The largest absolute Gasteiger partial charge is 1.00 e. The fourth-order valence-corrected chi connectivity index (χ4v) is 2.07. The van der Waals surface area contributed by atoms with Crippen molar-refractivity contribution in [1.29, 1.82) is 0 Å². The lowest BCUT2D eigenvalue weighted by atomic mass is 10.3. The first-order chi connectivity index (χ1) is 10.2. The molecule has 0 bridgehead atoms.